The molecule has 140 valence electrons. The molecule has 2 nitrogen and oxygen atoms in total. The number of ether oxygens (including phenoxy) is 2. The highest BCUT2D eigenvalue weighted by Gasteiger charge is 2.18. The highest BCUT2D eigenvalue weighted by atomic mass is 16.5. The zero-order valence-electron chi connectivity index (χ0n) is 18.0. The Kier molecular flexibility index (Phi) is 34.1. The average molecular weight is 329 g/mol. The lowest BCUT2D eigenvalue weighted by Crippen LogP contribution is -2.23. The van der Waals surface area contributed by atoms with E-state index in [1.165, 1.54) is 11.1 Å². The van der Waals surface area contributed by atoms with Crippen LogP contribution in [0.5, 0.6) is 0 Å². The first-order valence-electron chi connectivity index (χ1n) is 9.11. The molecule has 0 saturated carbocycles. The summed E-state index contributed by atoms with van der Waals surface area (Å²) in [6, 6.07) is 0. The van der Waals surface area contributed by atoms with Gasteiger partial charge in [-0.2, -0.15) is 0 Å². The van der Waals surface area contributed by atoms with Crippen molar-refractivity contribution in [1.82, 2.24) is 0 Å². The van der Waals surface area contributed by atoms with Crippen molar-refractivity contribution in [3.8, 4) is 0 Å². The first kappa shape index (κ1) is 30.1. The molecule has 0 radical (unpaired) electrons. The smallest absolute Gasteiger partial charge is 0.0845 e. The van der Waals surface area contributed by atoms with Crippen LogP contribution < -0.4 is 0 Å². The SMILES string of the molecule is C/C=C\C(=C/C)C(CC(OC)/C(C)=C/C)OC.CC.CC.CC. The van der Waals surface area contributed by atoms with Gasteiger partial charge in [-0.3, -0.25) is 0 Å². The van der Waals surface area contributed by atoms with Crippen LogP contribution in [0.3, 0.4) is 0 Å². The van der Waals surface area contributed by atoms with E-state index in [-0.39, 0.29) is 12.2 Å². The van der Waals surface area contributed by atoms with E-state index < -0.39 is 0 Å². The molecule has 0 N–H and O–H groups in total. The van der Waals surface area contributed by atoms with Gasteiger partial charge in [-0.25, -0.2) is 0 Å². The van der Waals surface area contributed by atoms with Gasteiger partial charge in [-0.05, 0) is 38.8 Å². The van der Waals surface area contributed by atoms with E-state index in [9.17, 15) is 0 Å². The minimum atomic E-state index is 0.0797. The molecular formula is C21H44O2. The Bertz CT molecular complexity index is 288. The Hall–Kier alpha value is -0.860. The van der Waals surface area contributed by atoms with Gasteiger partial charge in [0, 0.05) is 20.6 Å². The fraction of sp³-hybridized carbons (Fsp3) is 0.714. The van der Waals surface area contributed by atoms with E-state index in [1.807, 2.05) is 68.4 Å². The highest BCUT2D eigenvalue weighted by molar-refractivity contribution is 5.23. The summed E-state index contributed by atoms with van der Waals surface area (Å²) in [5, 5.41) is 0. The predicted octanol–water partition coefficient (Wildman–Crippen LogP) is 6.97. The molecule has 0 aliphatic rings. The summed E-state index contributed by atoms with van der Waals surface area (Å²) >= 11 is 0. The normalized spacial score (nSPS) is 13.7. The molecule has 2 atom stereocenters. The average Bonchev–Trinajstić information content (AvgIpc) is 2.65. The molecule has 0 aromatic carbocycles. The first-order valence-corrected chi connectivity index (χ1v) is 9.11. The van der Waals surface area contributed by atoms with Gasteiger partial charge >= 0.3 is 0 Å². The van der Waals surface area contributed by atoms with Crippen molar-refractivity contribution in [3.05, 3.63) is 35.5 Å². The predicted molar refractivity (Wildman–Crippen MR) is 108 cm³/mol. The van der Waals surface area contributed by atoms with Crippen molar-refractivity contribution in [2.24, 2.45) is 0 Å². The van der Waals surface area contributed by atoms with Crippen LogP contribution >= 0.6 is 0 Å². The van der Waals surface area contributed by atoms with E-state index in [4.69, 9.17) is 9.47 Å². The van der Waals surface area contributed by atoms with Gasteiger partial charge in [0.2, 0.25) is 0 Å². The Morgan fingerprint density at radius 2 is 1.22 bits per heavy atom. The molecule has 2 heteroatoms. The lowest BCUT2D eigenvalue weighted by atomic mass is 9.98. The lowest BCUT2D eigenvalue weighted by molar-refractivity contribution is 0.0564. The van der Waals surface area contributed by atoms with E-state index >= 15 is 0 Å². The molecule has 0 fully saturated rings. The van der Waals surface area contributed by atoms with E-state index in [0.29, 0.717) is 0 Å². The zero-order chi connectivity index (χ0) is 19.3. The third-order valence-electron chi connectivity index (χ3n) is 3.02. The van der Waals surface area contributed by atoms with Crippen molar-refractivity contribution >= 4 is 0 Å². The van der Waals surface area contributed by atoms with E-state index in [2.05, 4.69) is 25.2 Å². The van der Waals surface area contributed by atoms with Gasteiger partial charge in [0.05, 0.1) is 12.2 Å². The fourth-order valence-corrected chi connectivity index (χ4v) is 1.80. The number of methoxy groups -OCH3 is 2. The first-order chi connectivity index (χ1) is 11.1. The van der Waals surface area contributed by atoms with Crippen molar-refractivity contribution in [2.75, 3.05) is 14.2 Å². The molecule has 0 aliphatic carbocycles. The van der Waals surface area contributed by atoms with Crippen LogP contribution in [0.4, 0.5) is 0 Å². The molecule has 0 aromatic rings. The summed E-state index contributed by atoms with van der Waals surface area (Å²) < 4.78 is 11.1. The largest absolute Gasteiger partial charge is 0.377 e. The lowest BCUT2D eigenvalue weighted by Gasteiger charge is -2.23. The monoisotopic (exact) mass is 328 g/mol. The molecule has 0 aromatic heterocycles. The third kappa shape index (κ3) is 15.8. The molecule has 0 heterocycles. The van der Waals surface area contributed by atoms with Gasteiger partial charge in [0.15, 0.2) is 0 Å². The molecule has 0 bridgehead atoms. The van der Waals surface area contributed by atoms with Gasteiger partial charge in [0.1, 0.15) is 0 Å². The van der Waals surface area contributed by atoms with Crippen LogP contribution in [0.2, 0.25) is 0 Å². The zero-order valence-corrected chi connectivity index (χ0v) is 18.0. The van der Waals surface area contributed by atoms with Crippen molar-refractivity contribution in [1.29, 1.82) is 0 Å². The molecule has 0 aliphatic heterocycles. The summed E-state index contributed by atoms with van der Waals surface area (Å²) in [6.07, 6.45) is 9.34. The second kappa shape index (κ2) is 26.1. The number of hydrogen-bond donors (Lipinski definition) is 0. The topological polar surface area (TPSA) is 18.5 Å². The summed E-state index contributed by atoms with van der Waals surface area (Å²) in [4.78, 5) is 0. The van der Waals surface area contributed by atoms with Crippen LogP contribution in [0.1, 0.15) is 75.7 Å². The number of hydrogen-bond acceptors (Lipinski definition) is 2. The van der Waals surface area contributed by atoms with Crippen molar-refractivity contribution < 1.29 is 9.47 Å². The van der Waals surface area contributed by atoms with Crippen LogP contribution in [0, 0.1) is 0 Å². The molecule has 0 saturated heterocycles. The second-order valence-electron chi connectivity index (χ2n) is 4.01. The minimum Gasteiger partial charge on any atom is -0.377 e. The summed E-state index contributed by atoms with van der Waals surface area (Å²) in [7, 11) is 3.49. The van der Waals surface area contributed by atoms with Gasteiger partial charge in [0.25, 0.3) is 0 Å². The maximum Gasteiger partial charge on any atom is 0.0845 e. The molecule has 0 amide bonds. The summed E-state index contributed by atoms with van der Waals surface area (Å²) in [5.41, 5.74) is 2.44. The van der Waals surface area contributed by atoms with E-state index in [0.717, 1.165) is 6.42 Å². The van der Waals surface area contributed by atoms with Crippen molar-refractivity contribution in [3.63, 3.8) is 0 Å². The standard InChI is InChI=1S/C15H26O2.3C2H6/c1-7-10-13(9-3)15(17-6)11-14(16-5)12(4)8-2;3*1-2/h7-10,14-15H,11H2,1-6H3;3*1-2H3/b10-7-,12-8+,13-9+;;;. The summed E-state index contributed by atoms with van der Waals surface area (Å²) in [6.45, 7) is 20.2. The third-order valence-corrected chi connectivity index (χ3v) is 3.02. The Balaban J connectivity index is -0.000000267. The molecular weight excluding hydrogens is 284 g/mol. The molecule has 2 unspecified atom stereocenters. The van der Waals surface area contributed by atoms with Gasteiger partial charge in [-0.15, -0.1) is 0 Å². The maximum atomic E-state index is 5.56. The van der Waals surface area contributed by atoms with Crippen LogP contribution in [0.15, 0.2) is 35.5 Å². The molecule has 0 rings (SSSR count). The summed E-state index contributed by atoms with van der Waals surface area (Å²) in [5.74, 6) is 0. The van der Waals surface area contributed by atoms with Crippen LogP contribution in [0.25, 0.3) is 0 Å². The van der Waals surface area contributed by atoms with Crippen LogP contribution in [-0.4, -0.2) is 26.4 Å². The Labute approximate surface area is 147 Å². The number of allylic oxidation sites excluding steroid dienone is 3. The maximum absolute atomic E-state index is 5.56. The minimum absolute atomic E-state index is 0.0797. The van der Waals surface area contributed by atoms with Crippen LogP contribution in [-0.2, 0) is 9.47 Å². The number of rotatable bonds is 7. The van der Waals surface area contributed by atoms with Gasteiger partial charge in [-0.1, -0.05) is 65.8 Å². The fourth-order valence-electron chi connectivity index (χ4n) is 1.80. The highest BCUT2D eigenvalue weighted by Crippen LogP contribution is 2.19. The van der Waals surface area contributed by atoms with Crippen molar-refractivity contribution in [2.45, 2.75) is 87.9 Å². The second-order valence-corrected chi connectivity index (χ2v) is 4.01. The van der Waals surface area contributed by atoms with Gasteiger partial charge < -0.3 is 9.47 Å². The quantitative estimate of drug-likeness (QED) is 0.371. The molecule has 0 spiro atoms. The Morgan fingerprint density at radius 3 is 1.48 bits per heavy atom. The Morgan fingerprint density at radius 1 is 0.783 bits per heavy atom. The van der Waals surface area contributed by atoms with E-state index in [1.54, 1.807) is 14.2 Å². The molecule has 23 heavy (non-hydrogen) atoms.